The molecule has 4 rings (SSSR count). The van der Waals surface area contributed by atoms with E-state index in [1.54, 1.807) is 24.3 Å². The van der Waals surface area contributed by atoms with Crippen LogP contribution in [0.5, 0.6) is 5.75 Å². The van der Waals surface area contributed by atoms with Crippen molar-refractivity contribution in [3.63, 3.8) is 0 Å². The number of alkyl halides is 1. The van der Waals surface area contributed by atoms with E-state index in [1.807, 2.05) is 30.3 Å². The van der Waals surface area contributed by atoms with Crippen LogP contribution in [0.3, 0.4) is 0 Å². The fraction of sp³-hybridized carbons (Fsp3) is 0.333. The number of aromatic nitrogens is 1. The first-order valence-electron chi connectivity index (χ1n) is 12.0. The van der Waals surface area contributed by atoms with E-state index < -0.39 is 35.6 Å². The average molecular weight is 525 g/mol. The van der Waals surface area contributed by atoms with Crippen LogP contribution in [0.15, 0.2) is 54.6 Å². The highest BCUT2D eigenvalue weighted by Gasteiger charge is 2.41. The van der Waals surface area contributed by atoms with Gasteiger partial charge in [0.25, 0.3) is 5.91 Å². The summed E-state index contributed by atoms with van der Waals surface area (Å²) in [5, 5.41) is 3.42. The molecule has 1 aromatic heterocycles. The highest BCUT2D eigenvalue weighted by molar-refractivity contribution is 6.28. The minimum absolute atomic E-state index is 0.0330. The summed E-state index contributed by atoms with van der Waals surface area (Å²) in [4.78, 5) is 56.8. The number of nitrogens with zero attached hydrogens (tertiary/aromatic N) is 1. The van der Waals surface area contributed by atoms with Gasteiger partial charge in [-0.1, -0.05) is 36.4 Å². The molecule has 2 aromatic carbocycles. The molecule has 37 heavy (non-hydrogen) atoms. The maximum atomic E-state index is 14.1. The zero-order valence-electron chi connectivity index (χ0n) is 20.4. The highest BCUT2D eigenvalue weighted by atomic mass is 35.5. The smallest absolute Gasteiger partial charge is 0.271 e. The number of amides is 3. The van der Waals surface area contributed by atoms with Crippen LogP contribution >= 0.6 is 11.6 Å². The van der Waals surface area contributed by atoms with Crippen molar-refractivity contribution in [1.82, 2.24) is 15.2 Å². The molecule has 0 unspecified atom stereocenters. The van der Waals surface area contributed by atoms with Crippen LogP contribution in [-0.2, 0) is 20.8 Å². The molecule has 0 radical (unpaired) electrons. The van der Waals surface area contributed by atoms with E-state index in [4.69, 9.17) is 22.1 Å². The number of Topliss-reactive ketones (excluding diaryl/α,β-unsaturated/α-hetero) is 1. The summed E-state index contributed by atoms with van der Waals surface area (Å²) in [7, 11) is 1.53. The average Bonchev–Trinajstić information content (AvgIpc) is 3.53. The third-order valence-corrected chi connectivity index (χ3v) is 7.02. The number of nitrogens with two attached hydrogens (primary N) is 1. The Hall–Kier alpha value is -3.85. The Labute approximate surface area is 219 Å². The number of carbonyl (C=O) groups excluding carboxylic acids is 4. The van der Waals surface area contributed by atoms with Gasteiger partial charge in [0.2, 0.25) is 11.8 Å². The van der Waals surface area contributed by atoms with Gasteiger partial charge in [-0.3, -0.25) is 19.2 Å². The van der Waals surface area contributed by atoms with E-state index in [0.717, 1.165) is 5.56 Å². The summed E-state index contributed by atoms with van der Waals surface area (Å²) in [5.74, 6) is -2.36. The first-order chi connectivity index (χ1) is 17.8. The lowest BCUT2D eigenvalue weighted by Crippen LogP contribution is -2.57. The van der Waals surface area contributed by atoms with Crippen molar-refractivity contribution in [3.05, 3.63) is 65.9 Å². The van der Waals surface area contributed by atoms with Gasteiger partial charge in [0.1, 0.15) is 17.5 Å². The van der Waals surface area contributed by atoms with Gasteiger partial charge < -0.3 is 25.7 Å². The number of primary amides is 1. The second kappa shape index (κ2) is 11.5. The van der Waals surface area contributed by atoms with E-state index in [-0.39, 0.29) is 30.3 Å². The summed E-state index contributed by atoms with van der Waals surface area (Å²) in [6.45, 7) is 0.476. The van der Waals surface area contributed by atoms with E-state index in [1.165, 1.54) is 12.0 Å². The van der Waals surface area contributed by atoms with Gasteiger partial charge in [-0.2, -0.15) is 0 Å². The first-order valence-corrected chi connectivity index (χ1v) is 12.6. The number of rotatable bonds is 11. The fourth-order valence-corrected chi connectivity index (χ4v) is 5.04. The Balaban J connectivity index is 1.81. The monoisotopic (exact) mass is 524 g/mol. The van der Waals surface area contributed by atoms with Crippen molar-refractivity contribution in [2.45, 2.75) is 31.3 Å². The van der Waals surface area contributed by atoms with Crippen LogP contribution in [0.2, 0.25) is 0 Å². The van der Waals surface area contributed by atoms with E-state index in [9.17, 15) is 19.2 Å². The van der Waals surface area contributed by atoms with Crippen LogP contribution in [0.25, 0.3) is 10.9 Å². The van der Waals surface area contributed by atoms with E-state index in [0.29, 0.717) is 29.6 Å². The number of benzene rings is 2. The molecule has 1 saturated heterocycles. The van der Waals surface area contributed by atoms with Crippen molar-refractivity contribution >= 4 is 46.0 Å². The summed E-state index contributed by atoms with van der Waals surface area (Å²) >= 11 is 5.98. The lowest BCUT2D eigenvalue weighted by molar-refractivity contribution is -0.128. The summed E-state index contributed by atoms with van der Waals surface area (Å²) < 4.78 is 5.41. The maximum absolute atomic E-state index is 14.1. The van der Waals surface area contributed by atoms with Crippen molar-refractivity contribution in [1.29, 1.82) is 0 Å². The van der Waals surface area contributed by atoms with Gasteiger partial charge >= 0.3 is 0 Å². The lowest BCUT2D eigenvalue weighted by atomic mass is 9.92. The number of methoxy groups -OCH3 is 1. The summed E-state index contributed by atoms with van der Waals surface area (Å²) in [6.07, 6.45) is 0.635. The number of nitrogens with one attached hydrogen (secondary N) is 2. The number of ether oxygens (including phenoxy) is 1. The fourth-order valence-electron chi connectivity index (χ4n) is 4.86. The molecule has 3 aromatic rings. The molecular weight excluding hydrogens is 496 g/mol. The second-order valence-electron chi connectivity index (χ2n) is 9.05. The highest BCUT2D eigenvalue weighted by Crippen LogP contribution is 2.29. The number of hydrogen-bond acceptors (Lipinski definition) is 5. The predicted molar refractivity (Wildman–Crippen MR) is 139 cm³/mol. The van der Waals surface area contributed by atoms with Crippen LogP contribution in [0, 0.1) is 5.92 Å². The molecule has 2 heterocycles. The Morgan fingerprint density at radius 3 is 2.51 bits per heavy atom. The normalized spacial score (nSPS) is 16.7. The number of H-pyrrole nitrogens is 1. The number of hydrogen-bond donors (Lipinski definition) is 3. The molecule has 1 aliphatic heterocycles. The molecule has 1 aliphatic rings. The van der Waals surface area contributed by atoms with Gasteiger partial charge in [-0.15, -0.1) is 11.6 Å². The molecule has 3 atom stereocenters. The minimum atomic E-state index is -1.16. The minimum Gasteiger partial charge on any atom is -0.496 e. The van der Waals surface area contributed by atoms with Gasteiger partial charge in [-0.25, -0.2) is 0 Å². The molecule has 1 fully saturated rings. The molecular formula is C27H29ClN4O5. The molecule has 194 valence electrons. The molecule has 0 aliphatic carbocycles. The number of ketones is 1. The molecule has 0 bridgehead atoms. The van der Waals surface area contributed by atoms with Crippen LogP contribution < -0.4 is 15.8 Å². The Bertz CT molecular complexity index is 1310. The van der Waals surface area contributed by atoms with E-state index >= 15 is 0 Å². The number of aromatic amines is 1. The third-order valence-electron chi connectivity index (χ3n) is 6.75. The van der Waals surface area contributed by atoms with Gasteiger partial charge in [-0.05, 0) is 36.6 Å². The van der Waals surface area contributed by atoms with Gasteiger partial charge in [0, 0.05) is 29.8 Å². The first kappa shape index (κ1) is 26.2. The topological polar surface area (TPSA) is 135 Å². The van der Waals surface area contributed by atoms with E-state index in [2.05, 4.69) is 10.3 Å². The molecule has 0 spiro atoms. The number of halogens is 1. The zero-order valence-corrected chi connectivity index (χ0v) is 21.2. The maximum Gasteiger partial charge on any atom is 0.271 e. The van der Waals surface area contributed by atoms with Gasteiger partial charge in [0.05, 0.1) is 19.0 Å². The van der Waals surface area contributed by atoms with Crippen molar-refractivity contribution < 1.29 is 23.9 Å². The lowest BCUT2D eigenvalue weighted by Gasteiger charge is -2.36. The van der Waals surface area contributed by atoms with Crippen molar-refractivity contribution in [2.75, 3.05) is 19.5 Å². The zero-order chi connectivity index (χ0) is 26.5. The van der Waals surface area contributed by atoms with Crippen LogP contribution in [0.4, 0.5) is 0 Å². The molecule has 0 saturated carbocycles. The van der Waals surface area contributed by atoms with Crippen molar-refractivity contribution in [2.24, 2.45) is 11.7 Å². The molecule has 10 heteroatoms. The number of carbonyl (C=O) groups is 4. The molecule has 3 amide bonds. The summed E-state index contributed by atoms with van der Waals surface area (Å²) in [6, 6.07) is 13.8. The summed E-state index contributed by atoms with van der Waals surface area (Å²) in [5.41, 5.74) is 7.42. The Kier molecular flexibility index (Phi) is 8.13. The molecule has 9 nitrogen and oxygen atoms in total. The van der Waals surface area contributed by atoms with Gasteiger partial charge in [0.15, 0.2) is 5.78 Å². The second-order valence-corrected chi connectivity index (χ2v) is 9.32. The quantitative estimate of drug-likeness (QED) is 0.331. The molecule has 4 N–H and O–H groups in total. The van der Waals surface area contributed by atoms with Crippen LogP contribution in [-0.4, -0.2) is 65.0 Å². The Morgan fingerprint density at radius 2 is 1.89 bits per heavy atom. The standard InChI is InChI=1S/C27H29ClN4O5/c1-37-24-9-5-8-19-18(24)14-20(31-19)27(36)32(22(25(29)34)12-16-6-3-2-4-7-16)21(23(33)15-28)13-17-10-11-30-26(17)35/h2-9,14,17,21-22,31H,10-13,15H2,1H3,(H2,29,34)(H,30,35)/t17-,21-,22-/m0/s1. The third kappa shape index (κ3) is 5.61. The predicted octanol–water partition coefficient (Wildman–Crippen LogP) is 2.42. The number of fused-ring (bicyclic) bond motifs is 1. The Morgan fingerprint density at radius 1 is 1.14 bits per heavy atom. The SMILES string of the molecule is COc1cccc2[nH]c(C(=O)N([C@@H](Cc3ccccc3)C(N)=O)[C@@H](C[C@@H]3CCNC3=O)C(=O)CCl)cc12. The van der Waals surface area contributed by atoms with Crippen molar-refractivity contribution in [3.8, 4) is 5.75 Å². The largest absolute Gasteiger partial charge is 0.496 e. The van der Waals surface area contributed by atoms with Crippen LogP contribution in [0.1, 0.15) is 28.9 Å².